The van der Waals surface area contributed by atoms with Gasteiger partial charge in [0, 0.05) is 12.1 Å². The predicted octanol–water partition coefficient (Wildman–Crippen LogP) is 2.20. The molecule has 1 amide bonds. The zero-order chi connectivity index (χ0) is 13.9. The minimum atomic E-state index is 0.104. The van der Waals surface area contributed by atoms with Gasteiger partial charge < -0.3 is 15.6 Å². The second-order valence-corrected chi connectivity index (χ2v) is 5.50. The van der Waals surface area contributed by atoms with Crippen LogP contribution >= 0.6 is 0 Å². The van der Waals surface area contributed by atoms with Crippen molar-refractivity contribution < 1.29 is 4.79 Å². The number of aromatic amines is 1. The smallest absolute Gasteiger partial charge is 0.224 e. The zero-order valence-corrected chi connectivity index (χ0v) is 11.7. The fraction of sp³-hybridized carbons (Fsp3) is 0.467. The number of carbonyl (C=O) groups excluding carboxylic acids is 1. The van der Waals surface area contributed by atoms with Crippen molar-refractivity contribution in [2.75, 3.05) is 18.4 Å². The van der Waals surface area contributed by atoms with Crippen LogP contribution < -0.4 is 10.6 Å². The molecule has 5 heteroatoms. The van der Waals surface area contributed by atoms with E-state index < -0.39 is 0 Å². The van der Waals surface area contributed by atoms with Crippen molar-refractivity contribution in [1.82, 2.24) is 15.3 Å². The summed E-state index contributed by atoms with van der Waals surface area (Å²) in [5.74, 6) is 1.50. The van der Waals surface area contributed by atoms with E-state index in [0.717, 1.165) is 48.5 Å². The number of nitrogens with zero attached hydrogens (tertiary/aromatic N) is 1. The Kier molecular flexibility index (Phi) is 3.69. The van der Waals surface area contributed by atoms with E-state index in [9.17, 15) is 4.79 Å². The summed E-state index contributed by atoms with van der Waals surface area (Å²) < 4.78 is 0. The van der Waals surface area contributed by atoms with Crippen LogP contribution in [-0.2, 0) is 4.79 Å². The van der Waals surface area contributed by atoms with E-state index in [1.165, 1.54) is 0 Å². The van der Waals surface area contributed by atoms with Gasteiger partial charge in [-0.05, 0) is 57.0 Å². The van der Waals surface area contributed by atoms with Gasteiger partial charge in [0.25, 0.3) is 0 Å². The maximum atomic E-state index is 12.1. The Morgan fingerprint density at radius 3 is 3.00 bits per heavy atom. The average Bonchev–Trinajstić information content (AvgIpc) is 2.79. The highest BCUT2D eigenvalue weighted by Crippen LogP contribution is 2.19. The maximum Gasteiger partial charge on any atom is 0.224 e. The Hall–Kier alpha value is -1.88. The van der Waals surface area contributed by atoms with Gasteiger partial charge in [0.1, 0.15) is 5.82 Å². The van der Waals surface area contributed by atoms with Crippen molar-refractivity contribution in [3.63, 3.8) is 0 Å². The lowest BCUT2D eigenvalue weighted by atomic mass is 9.94. The van der Waals surface area contributed by atoms with Crippen LogP contribution in [0.1, 0.15) is 25.1 Å². The number of aryl methyl sites for hydroxylation is 1. The fourth-order valence-corrected chi connectivity index (χ4v) is 2.77. The summed E-state index contributed by atoms with van der Waals surface area (Å²) in [5.41, 5.74) is 2.72. The maximum absolute atomic E-state index is 12.1. The number of rotatable bonds is 3. The minimum absolute atomic E-state index is 0.104. The summed E-state index contributed by atoms with van der Waals surface area (Å²) in [6.45, 7) is 3.98. The van der Waals surface area contributed by atoms with Gasteiger partial charge in [0.15, 0.2) is 0 Å². The zero-order valence-electron chi connectivity index (χ0n) is 11.7. The molecule has 0 bridgehead atoms. The number of anilines is 1. The molecule has 0 atom stereocenters. The van der Waals surface area contributed by atoms with Gasteiger partial charge in [-0.1, -0.05) is 0 Å². The first-order valence-electron chi connectivity index (χ1n) is 7.17. The van der Waals surface area contributed by atoms with Gasteiger partial charge in [0.2, 0.25) is 5.91 Å². The minimum Gasteiger partial charge on any atom is -0.342 e. The molecule has 1 aliphatic heterocycles. The molecule has 20 heavy (non-hydrogen) atoms. The molecule has 0 spiro atoms. The highest BCUT2D eigenvalue weighted by Gasteiger charge is 2.16. The van der Waals surface area contributed by atoms with Gasteiger partial charge in [-0.25, -0.2) is 4.98 Å². The van der Waals surface area contributed by atoms with Gasteiger partial charge in [-0.3, -0.25) is 4.79 Å². The van der Waals surface area contributed by atoms with Gasteiger partial charge in [-0.15, -0.1) is 0 Å². The van der Waals surface area contributed by atoms with E-state index in [-0.39, 0.29) is 5.91 Å². The Labute approximate surface area is 118 Å². The van der Waals surface area contributed by atoms with Gasteiger partial charge in [-0.2, -0.15) is 0 Å². The Bertz CT molecular complexity index is 613. The highest BCUT2D eigenvalue weighted by molar-refractivity contribution is 5.93. The number of H-pyrrole nitrogens is 1. The van der Waals surface area contributed by atoms with E-state index in [2.05, 4.69) is 20.6 Å². The predicted molar refractivity (Wildman–Crippen MR) is 79.7 cm³/mol. The Morgan fingerprint density at radius 1 is 1.40 bits per heavy atom. The SMILES string of the molecule is Cc1nc2ccc(NC(=O)CC3CCNCC3)cc2[nH]1. The summed E-state index contributed by atoms with van der Waals surface area (Å²) in [4.78, 5) is 19.6. The summed E-state index contributed by atoms with van der Waals surface area (Å²) in [6.07, 6.45) is 2.79. The second kappa shape index (κ2) is 5.63. The molecule has 0 unspecified atom stereocenters. The van der Waals surface area contributed by atoms with Crippen molar-refractivity contribution in [3.8, 4) is 0 Å². The summed E-state index contributed by atoms with van der Waals surface area (Å²) in [7, 11) is 0. The van der Waals surface area contributed by atoms with E-state index in [1.807, 2.05) is 25.1 Å². The molecule has 1 aromatic carbocycles. The van der Waals surface area contributed by atoms with Crippen LogP contribution in [0.3, 0.4) is 0 Å². The Balaban J connectivity index is 1.64. The molecule has 106 valence electrons. The van der Waals surface area contributed by atoms with Crippen molar-refractivity contribution in [2.45, 2.75) is 26.2 Å². The molecule has 0 saturated carbocycles. The Morgan fingerprint density at radius 2 is 2.20 bits per heavy atom. The van der Waals surface area contributed by atoms with Crippen LogP contribution in [-0.4, -0.2) is 29.0 Å². The number of carbonyl (C=O) groups is 1. The lowest BCUT2D eigenvalue weighted by Gasteiger charge is -2.21. The third kappa shape index (κ3) is 2.99. The van der Waals surface area contributed by atoms with E-state index >= 15 is 0 Å². The number of amides is 1. The first-order chi connectivity index (χ1) is 9.70. The molecule has 3 N–H and O–H groups in total. The summed E-state index contributed by atoms with van der Waals surface area (Å²) >= 11 is 0. The first-order valence-corrected chi connectivity index (χ1v) is 7.17. The number of imidazole rings is 1. The largest absolute Gasteiger partial charge is 0.342 e. The lowest BCUT2D eigenvalue weighted by molar-refractivity contribution is -0.117. The normalized spacial score (nSPS) is 16.4. The van der Waals surface area contributed by atoms with Crippen molar-refractivity contribution in [2.24, 2.45) is 5.92 Å². The molecule has 0 radical (unpaired) electrons. The van der Waals surface area contributed by atoms with E-state index in [4.69, 9.17) is 0 Å². The quantitative estimate of drug-likeness (QED) is 0.802. The molecule has 1 aromatic heterocycles. The third-order valence-corrected chi connectivity index (χ3v) is 3.82. The molecular weight excluding hydrogens is 252 g/mol. The third-order valence-electron chi connectivity index (χ3n) is 3.82. The standard InChI is InChI=1S/C15H20N4O/c1-10-17-13-3-2-12(9-14(13)18-10)19-15(20)8-11-4-6-16-7-5-11/h2-3,9,11,16H,4-8H2,1H3,(H,17,18)(H,19,20). The summed E-state index contributed by atoms with van der Waals surface area (Å²) in [6, 6.07) is 5.78. The number of hydrogen-bond acceptors (Lipinski definition) is 3. The van der Waals surface area contributed by atoms with Gasteiger partial charge in [0.05, 0.1) is 11.0 Å². The molecule has 5 nitrogen and oxygen atoms in total. The molecule has 0 aliphatic carbocycles. The monoisotopic (exact) mass is 272 g/mol. The molecule has 1 saturated heterocycles. The first kappa shape index (κ1) is 13.1. The van der Waals surface area contributed by atoms with E-state index in [1.54, 1.807) is 0 Å². The topological polar surface area (TPSA) is 69.8 Å². The summed E-state index contributed by atoms with van der Waals surface area (Å²) in [5, 5.41) is 6.30. The van der Waals surface area contributed by atoms with Crippen molar-refractivity contribution >= 4 is 22.6 Å². The molecule has 1 fully saturated rings. The number of hydrogen-bond donors (Lipinski definition) is 3. The number of piperidine rings is 1. The molecule has 3 rings (SSSR count). The highest BCUT2D eigenvalue weighted by atomic mass is 16.1. The van der Waals surface area contributed by atoms with Crippen LogP contribution in [0.5, 0.6) is 0 Å². The number of aromatic nitrogens is 2. The van der Waals surface area contributed by atoms with Crippen LogP contribution in [0.25, 0.3) is 11.0 Å². The molecular formula is C15H20N4O. The molecule has 2 aromatic rings. The fourth-order valence-electron chi connectivity index (χ4n) is 2.77. The second-order valence-electron chi connectivity index (χ2n) is 5.50. The van der Waals surface area contributed by atoms with Gasteiger partial charge >= 0.3 is 0 Å². The lowest BCUT2D eigenvalue weighted by Crippen LogP contribution is -2.30. The number of benzene rings is 1. The number of fused-ring (bicyclic) bond motifs is 1. The average molecular weight is 272 g/mol. The van der Waals surface area contributed by atoms with Crippen molar-refractivity contribution in [3.05, 3.63) is 24.0 Å². The molecule has 1 aliphatic rings. The van der Waals surface area contributed by atoms with Crippen LogP contribution in [0.2, 0.25) is 0 Å². The number of nitrogens with one attached hydrogen (secondary N) is 3. The van der Waals surface area contributed by atoms with Crippen LogP contribution in [0.4, 0.5) is 5.69 Å². The molecule has 2 heterocycles. The van der Waals surface area contributed by atoms with Crippen LogP contribution in [0.15, 0.2) is 18.2 Å². The van der Waals surface area contributed by atoms with E-state index in [0.29, 0.717) is 12.3 Å². The van der Waals surface area contributed by atoms with Crippen LogP contribution in [0, 0.1) is 12.8 Å². The van der Waals surface area contributed by atoms with Crippen molar-refractivity contribution in [1.29, 1.82) is 0 Å².